The Morgan fingerprint density at radius 1 is 1.09 bits per heavy atom. The summed E-state index contributed by atoms with van der Waals surface area (Å²) in [5.41, 5.74) is 4.65. The molecule has 0 spiro atoms. The highest BCUT2D eigenvalue weighted by molar-refractivity contribution is 6.14. The average molecular weight is 454 g/mol. The minimum atomic E-state index is -0.0841. The highest BCUT2D eigenvalue weighted by atomic mass is 16.5. The number of para-hydroxylation sites is 1. The minimum absolute atomic E-state index is 0.0841. The molecule has 2 aliphatic rings. The van der Waals surface area contributed by atoms with Gasteiger partial charge in [-0.15, -0.1) is 0 Å². The van der Waals surface area contributed by atoms with E-state index in [1.807, 2.05) is 73.7 Å². The average Bonchev–Trinajstić information content (AvgIpc) is 3.20. The first kappa shape index (κ1) is 22.0. The molecule has 0 bridgehead atoms. The van der Waals surface area contributed by atoms with E-state index in [2.05, 4.69) is 11.0 Å². The maximum atomic E-state index is 13.1. The van der Waals surface area contributed by atoms with E-state index in [4.69, 9.17) is 14.2 Å². The van der Waals surface area contributed by atoms with Crippen LogP contribution in [0.1, 0.15) is 32.6 Å². The zero-order valence-electron chi connectivity index (χ0n) is 19.4. The molecule has 0 unspecified atom stereocenters. The van der Waals surface area contributed by atoms with Crippen molar-refractivity contribution in [3.63, 3.8) is 0 Å². The molecule has 172 valence electrons. The summed E-state index contributed by atoms with van der Waals surface area (Å²) in [5, 5.41) is 0. The van der Waals surface area contributed by atoms with Gasteiger partial charge in [-0.1, -0.05) is 60.7 Å². The smallest absolute Gasteiger partial charge is 0.232 e. The van der Waals surface area contributed by atoms with Crippen LogP contribution in [-0.4, -0.2) is 31.1 Å². The Morgan fingerprint density at radius 2 is 1.88 bits per heavy atom. The molecule has 3 aromatic carbocycles. The van der Waals surface area contributed by atoms with Gasteiger partial charge in [0.25, 0.3) is 0 Å². The van der Waals surface area contributed by atoms with Gasteiger partial charge in [-0.25, -0.2) is 0 Å². The number of aryl methyl sites for hydroxylation is 1. The molecule has 5 rings (SSSR count). The zero-order valence-corrected chi connectivity index (χ0v) is 19.4. The Balaban J connectivity index is 1.35. The maximum Gasteiger partial charge on any atom is 0.232 e. The Hall–Kier alpha value is -3.83. The summed E-state index contributed by atoms with van der Waals surface area (Å²) in [6, 6.07) is 20.0. The SMILES string of the molecule is COc1ccccc1CCN1COc2cc(C)c3c(c2C1)O/C(=C\C=C\c1ccccc1)C3=O. The first-order valence-corrected chi connectivity index (χ1v) is 11.4. The fourth-order valence-electron chi connectivity index (χ4n) is 4.43. The van der Waals surface area contributed by atoms with Crippen LogP contribution in [0.3, 0.4) is 0 Å². The molecule has 2 heterocycles. The number of ketones is 1. The number of allylic oxidation sites excluding steroid dienone is 3. The Kier molecular flexibility index (Phi) is 6.19. The summed E-state index contributed by atoms with van der Waals surface area (Å²) in [6.07, 6.45) is 6.39. The van der Waals surface area contributed by atoms with E-state index in [0.29, 0.717) is 30.3 Å². The molecule has 5 heteroatoms. The predicted molar refractivity (Wildman–Crippen MR) is 132 cm³/mol. The van der Waals surface area contributed by atoms with Crippen molar-refractivity contribution in [2.45, 2.75) is 19.9 Å². The highest BCUT2D eigenvalue weighted by Crippen LogP contribution is 2.43. The molecule has 0 saturated carbocycles. The summed E-state index contributed by atoms with van der Waals surface area (Å²) < 4.78 is 17.7. The first-order valence-electron chi connectivity index (χ1n) is 11.4. The third kappa shape index (κ3) is 4.35. The fourth-order valence-corrected chi connectivity index (χ4v) is 4.43. The number of Topliss-reactive ketones (excluding diaryl/α,β-unsaturated/α-hetero) is 1. The molecule has 0 fully saturated rings. The second-order valence-electron chi connectivity index (χ2n) is 8.49. The molecule has 0 amide bonds. The van der Waals surface area contributed by atoms with Gasteiger partial charge >= 0.3 is 0 Å². The van der Waals surface area contributed by atoms with Crippen molar-refractivity contribution in [1.29, 1.82) is 0 Å². The lowest BCUT2D eigenvalue weighted by Crippen LogP contribution is -2.34. The summed E-state index contributed by atoms with van der Waals surface area (Å²) in [6.45, 7) is 3.89. The van der Waals surface area contributed by atoms with Gasteiger partial charge in [0.1, 0.15) is 24.0 Å². The van der Waals surface area contributed by atoms with Gasteiger partial charge in [-0.3, -0.25) is 9.69 Å². The van der Waals surface area contributed by atoms with Gasteiger partial charge in [0.2, 0.25) is 5.78 Å². The van der Waals surface area contributed by atoms with Crippen LogP contribution in [-0.2, 0) is 13.0 Å². The van der Waals surface area contributed by atoms with E-state index in [1.165, 1.54) is 0 Å². The number of rotatable bonds is 6. The predicted octanol–water partition coefficient (Wildman–Crippen LogP) is 5.57. The fraction of sp³-hybridized carbons (Fsp3) is 0.207. The lowest BCUT2D eigenvalue weighted by molar-refractivity contribution is 0.0947. The van der Waals surface area contributed by atoms with Crippen molar-refractivity contribution < 1.29 is 19.0 Å². The summed E-state index contributed by atoms with van der Waals surface area (Å²) in [4.78, 5) is 15.3. The molecule has 0 N–H and O–H groups in total. The van der Waals surface area contributed by atoms with Gasteiger partial charge in [0.05, 0.1) is 18.2 Å². The van der Waals surface area contributed by atoms with Crippen LogP contribution >= 0.6 is 0 Å². The van der Waals surface area contributed by atoms with Crippen LogP contribution < -0.4 is 14.2 Å². The molecule has 0 atom stereocenters. The number of fused-ring (bicyclic) bond motifs is 3. The summed E-state index contributed by atoms with van der Waals surface area (Å²) >= 11 is 0. The van der Waals surface area contributed by atoms with Crippen LogP contribution in [0.15, 0.2) is 78.6 Å². The topological polar surface area (TPSA) is 48.0 Å². The minimum Gasteiger partial charge on any atom is -0.496 e. The summed E-state index contributed by atoms with van der Waals surface area (Å²) in [7, 11) is 1.69. The highest BCUT2D eigenvalue weighted by Gasteiger charge is 2.35. The Labute approximate surface area is 199 Å². The Bertz CT molecular complexity index is 1280. The number of hydrogen-bond donors (Lipinski definition) is 0. The van der Waals surface area contributed by atoms with E-state index in [0.717, 1.165) is 46.7 Å². The second kappa shape index (κ2) is 9.57. The monoisotopic (exact) mass is 453 g/mol. The quantitative estimate of drug-likeness (QED) is 0.457. The van der Waals surface area contributed by atoms with Crippen molar-refractivity contribution in [3.05, 3.63) is 106 Å². The van der Waals surface area contributed by atoms with Gasteiger partial charge in [-0.05, 0) is 48.2 Å². The second-order valence-corrected chi connectivity index (χ2v) is 8.49. The van der Waals surface area contributed by atoms with Crippen LogP contribution in [0.25, 0.3) is 6.08 Å². The molecule has 3 aromatic rings. The number of ether oxygens (including phenoxy) is 3. The van der Waals surface area contributed by atoms with E-state index in [-0.39, 0.29) is 5.78 Å². The first-order chi connectivity index (χ1) is 16.6. The van der Waals surface area contributed by atoms with Crippen LogP contribution in [0, 0.1) is 6.92 Å². The van der Waals surface area contributed by atoms with Gasteiger partial charge in [0.15, 0.2) is 5.76 Å². The van der Waals surface area contributed by atoms with Crippen LogP contribution in [0.4, 0.5) is 0 Å². The van der Waals surface area contributed by atoms with Crippen molar-refractivity contribution in [2.75, 3.05) is 20.4 Å². The van der Waals surface area contributed by atoms with E-state index in [9.17, 15) is 4.79 Å². The van der Waals surface area contributed by atoms with Gasteiger partial charge in [0, 0.05) is 13.1 Å². The van der Waals surface area contributed by atoms with Crippen molar-refractivity contribution in [2.24, 2.45) is 0 Å². The number of carbonyl (C=O) groups excluding carboxylic acids is 1. The number of nitrogens with zero attached hydrogens (tertiary/aromatic N) is 1. The standard InChI is InChI=1S/C29H27NO4/c1-20-17-26-23(18-30(19-33-26)16-15-22-12-6-7-13-24(22)32-2)29-27(20)28(31)25(34-29)14-8-11-21-9-4-3-5-10-21/h3-14,17H,15-16,18-19H2,1-2H3/b11-8+,25-14-. The largest absolute Gasteiger partial charge is 0.496 e. The maximum absolute atomic E-state index is 13.1. The lowest BCUT2D eigenvalue weighted by Gasteiger charge is -2.30. The molecule has 2 aliphatic heterocycles. The molecule has 5 nitrogen and oxygen atoms in total. The lowest BCUT2D eigenvalue weighted by atomic mass is 9.98. The van der Waals surface area contributed by atoms with Crippen LogP contribution in [0.5, 0.6) is 17.2 Å². The summed E-state index contributed by atoms with van der Waals surface area (Å²) in [5.74, 6) is 2.56. The normalized spacial score (nSPS) is 16.3. The van der Waals surface area contributed by atoms with Crippen molar-refractivity contribution in [1.82, 2.24) is 4.90 Å². The van der Waals surface area contributed by atoms with Gasteiger partial charge < -0.3 is 14.2 Å². The Morgan fingerprint density at radius 3 is 2.71 bits per heavy atom. The molecular weight excluding hydrogens is 426 g/mol. The molecular formula is C29H27NO4. The number of carbonyl (C=O) groups is 1. The molecule has 34 heavy (non-hydrogen) atoms. The third-order valence-corrected chi connectivity index (χ3v) is 6.21. The van der Waals surface area contributed by atoms with Crippen LogP contribution in [0.2, 0.25) is 0 Å². The molecule has 0 saturated heterocycles. The van der Waals surface area contributed by atoms with E-state index in [1.54, 1.807) is 13.2 Å². The molecule has 0 aliphatic carbocycles. The number of benzene rings is 3. The van der Waals surface area contributed by atoms with Gasteiger partial charge in [-0.2, -0.15) is 0 Å². The van der Waals surface area contributed by atoms with Crippen molar-refractivity contribution >= 4 is 11.9 Å². The van der Waals surface area contributed by atoms with E-state index >= 15 is 0 Å². The number of hydrogen-bond acceptors (Lipinski definition) is 5. The molecule has 0 aromatic heterocycles. The zero-order chi connectivity index (χ0) is 23.5. The molecule has 0 radical (unpaired) electrons. The third-order valence-electron chi connectivity index (χ3n) is 6.21. The van der Waals surface area contributed by atoms with Crippen molar-refractivity contribution in [3.8, 4) is 17.2 Å². The van der Waals surface area contributed by atoms with E-state index < -0.39 is 0 Å². The number of methoxy groups -OCH3 is 1.